The minimum Gasteiger partial charge on any atom is -0.440 e. The van der Waals surface area contributed by atoms with Crippen molar-refractivity contribution in [1.29, 1.82) is 0 Å². The normalized spacial score (nSPS) is 33.4. The Morgan fingerprint density at radius 2 is 1.96 bits per heavy atom. The predicted molar refractivity (Wildman–Crippen MR) is 73.4 cm³/mol. The lowest BCUT2D eigenvalue weighted by Crippen LogP contribution is -2.70. The highest BCUT2D eigenvalue weighted by atomic mass is 16.7. The lowest BCUT2D eigenvalue weighted by molar-refractivity contribution is -0.236. The Kier molecular flexibility index (Phi) is 3.79. The Morgan fingerprint density at radius 1 is 1.35 bits per heavy atom. The van der Waals surface area contributed by atoms with Crippen molar-refractivity contribution in [3.63, 3.8) is 0 Å². The first-order valence-electron chi connectivity index (χ1n) is 6.62. The highest BCUT2D eigenvalue weighted by Crippen LogP contribution is 2.45. The zero-order chi connectivity index (χ0) is 17.6. The summed E-state index contributed by atoms with van der Waals surface area (Å²) in [5.41, 5.74) is -0.294. The van der Waals surface area contributed by atoms with Crippen molar-refractivity contribution in [3.05, 3.63) is 12.0 Å². The van der Waals surface area contributed by atoms with Crippen molar-refractivity contribution in [2.24, 2.45) is 5.73 Å². The first kappa shape index (κ1) is 17.1. The number of Topliss-reactive ketones (excluding diaryl/α,β-unsaturated/α-hetero) is 2. The van der Waals surface area contributed by atoms with Crippen molar-refractivity contribution < 1.29 is 34.1 Å². The number of imidazole rings is 1. The van der Waals surface area contributed by atoms with Crippen LogP contribution < -0.4 is 10.5 Å². The van der Waals surface area contributed by atoms with Gasteiger partial charge in [-0.3, -0.25) is 14.4 Å². The quantitative estimate of drug-likeness (QED) is 0.495. The largest absolute Gasteiger partial charge is 0.440 e. The Hall–Kier alpha value is -2.30. The van der Waals surface area contributed by atoms with Gasteiger partial charge in [-0.1, -0.05) is 0 Å². The number of aromatic nitrogens is 2. The number of aliphatic hydroxyl groups is 2. The Bertz CT molecular complexity index is 687. The fourth-order valence-corrected chi connectivity index (χ4v) is 2.62. The van der Waals surface area contributed by atoms with Crippen LogP contribution in [0.1, 0.15) is 31.3 Å². The number of ketones is 2. The van der Waals surface area contributed by atoms with E-state index in [1.807, 2.05) is 0 Å². The van der Waals surface area contributed by atoms with Gasteiger partial charge in [-0.25, -0.2) is 4.98 Å². The van der Waals surface area contributed by atoms with Gasteiger partial charge in [-0.15, -0.1) is 0 Å². The monoisotopic (exact) mass is 327 g/mol. The van der Waals surface area contributed by atoms with Gasteiger partial charge in [0.2, 0.25) is 17.3 Å². The number of nitrogens with two attached hydrogens (primary N) is 1. The van der Waals surface area contributed by atoms with Crippen LogP contribution in [0.3, 0.4) is 0 Å². The minimum atomic E-state index is -2.71. The maximum absolute atomic E-state index is 12.0. The molecule has 2 rings (SSSR count). The number of primary amides is 1. The summed E-state index contributed by atoms with van der Waals surface area (Å²) < 4.78 is 10.6. The number of nitrogens with zero attached hydrogens (tertiary/aromatic N) is 1. The van der Waals surface area contributed by atoms with Crippen molar-refractivity contribution in [2.75, 3.05) is 6.61 Å². The summed E-state index contributed by atoms with van der Waals surface area (Å²) in [5, 5.41) is 21.2. The molecule has 0 saturated carbocycles. The topological polar surface area (TPSA) is 165 Å². The van der Waals surface area contributed by atoms with Crippen LogP contribution >= 0.6 is 0 Å². The van der Waals surface area contributed by atoms with Gasteiger partial charge in [0, 0.05) is 6.92 Å². The molecule has 126 valence electrons. The molecule has 2 heterocycles. The number of hydrogen-bond donors (Lipinski definition) is 4. The predicted octanol–water partition coefficient (Wildman–Crippen LogP) is -1.73. The average molecular weight is 327 g/mol. The highest BCUT2D eigenvalue weighted by Gasteiger charge is 2.74. The number of aromatic amines is 1. The number of carbonyl (C=O) groups is 3. The third kappa shape index (κ3) is 2.14. The van der Waals surface area contributed by atoms with Gasteiger partial charge in [0.05, 0.1) is 12.9 Å². The molecule has 0 aromatic carbocycles. The molecule has 10 heteroatoms. The summed E-state index contributed by atoms with van der Waals surface area (Å²) in [7, 11) is 0. The van der Waals surface area contributed by atoms with E-state index in [4.69, 9.17) is 15.2 Å². The third-order valence-electron chi connectivity index (χ3n) is 4.05. The molecule has 10 nitrogen and oxygen atoms in total. The van der Waals surface area contributed by atoms with E-state index in [0.29, 0.717) is 0 Å². The molecule has 1 saturated heterocycles. The molecule has 1 aliphatic heterocycles. The number of amides is 1. The molecule has 23 heavy (non-hydrogen) atoms. The molecule has 0 unspecified atom stereocenters. The zero-order valence-electron chi connectivity index (χ0n) is 12.7. The summed E-state index contributed by atoms with van der Waals surface area (Å²) in [5.74, 6) is -5.23. The average Bonchev–Trinajstić information content (AvgIpc) is 2.98. The van der Waals surface area contributed by atoms with Gasteiger partial charge in [-0.2, -0.15) is 0 Å². The van der Waals surface area contributed by atoms with Gasteiger partial charge < -0.3 is 30.4 Å². The summed E-state index contributed by atoms with van der Waals surface area (Å²) in [6.07, 6.45) is 1.11. The van der Waals surface area contributed by atoms with E-state index in [2.05, 4.69) is 9.97 Å². The van der Waals surface area contributed by atoms with E-state index >= 15 is 0 Å². The van der Waals surface area contributed by atoms with Crippen LogP contribution in [0.5, 0.6) is 5.88 Å². The second kappa shape index (κ2) is 5.11. The third-order valence-corrected chi connectivity index (χ3v) is 4.05. The van der Waals surface area contributed by atoms with E-state index in [9.17, 15) is 24.6 Å². The molecule has 1 aromatic heterocycles. The van der Waals surface area contributed by atoms with E-state index in [0.717, 1.165) is 27.1 Å². The first-order chi connectivity index (χ1) is 10.5. The fourth-order valence-electron chi connectivity index (χ4n) is 2.62. The van der Waals surface area contributed by atoms with Crippen LogP contribution in [0.15, 0.2) is 6.33 Å². The summed E-state index contributed by atoms with van der Waals surface area (Å²) in [4.78, 5) is 41.2. The van der Waals surface area contributed by atoms with Gasteiger partial charge in [0.15, 0.2) is 22.9 Å². The van der Waals surface area contributed by atoms with E-state index in [-0.39, 0.29) is 11.6 Å². The molecule has 5 N–H and O–H groups in total. The molecule has 1 aromatic rings. The maximum atomic E-state index is 12.0. The van der Waals surface area contributed by atoms with E-state index < -0.39 is 41.1 Å². The van der Waals surface area contributed by atoms with Gasteiger partial charge in [0.25, 0.3) is 5.91 Å². The van der Waals surface area contributed by atoms with Gasteiger partial charge >= 0.3 is 0 Å². The molecule has 1 aliphatic rings. The molecule has 0 bridgehead atoms. The molecule has 3 atom stereocenters. The minimum absolute atomic E-state index is 0.223. The van der Waals surface area contributed by atoms with Crippen LogP contribution in [0, 0.1) is 0 Å². The summed E-state index contributed by atoms with van der Waals surface area (Å²) in [6.45, 7) is 2.45. The standard InChI is InChI=1S/C13H17N3O7/c1-6(17)12(20)4-22-11(3,13(12,21)7(2)18)23-10-8(9(14)19)15-5-16-10/h5,20-21H,4H2,1-3H3,(H2,14,19)(H,15,16)/t11-,12-,13-/m1/s1. The number of nitrogens with one attached hydrogen (secondary N) is 1. The molecule has 1 amide bonds. The van der Waals surface area contributed by atoms with Crippen molar-refractivity contribution in [3.8, 4) is 5.88 Å². The second-order valence-corrected chi connectivity index (χ2v) is 5.47. The van der Waals surface area contributed by atoms with Crippen molar-refractivity contribution >= 4 is 17.5 Å². The van der Waals surface area contributed by atoms with Gasteiger partial charge in [-0.05, 0) is 13.8 Å². The molecule has 0 spiro atoms. The Morgan fingerprint density at radius 3 is 2.43 bits per heavy atom. The van der Waals surface area contributed by atoms with E-state index in [1.54, 1.807) is 0 Å². The van der Waals surface area contributed by atoms with Crippen LogP contribution in [-0.2, 0) is 14.3 Å². The molecule has 0 radical (unpaired) electrons. The summed E-state index contributed by atoms with van der Waals surface area (Å²) >= 11 is 0. The molecule has 1 fully saturated rings. The Labute approximate surface area is 130 Å². The fraction of sp³-hybridized carbons (Fsp3) is 0.538. The van der Waals surface area contributed by atoms with Crippen LogP contribution in [0.4, 0.5) is 0 Å². The highest BCUT2D eigenvalue weighted by molar-refractivity contribution is 5.99. The molecular formula is C13H17N3O7. The lowest BCUT2D eigenvalue weighted by Gasteiger charge is -2.40. The Balaban J connectivity index is 2.52. The van der Waals surface area contributed by atoms with Crippen LogP contribution in [0.25, 0.3) is 0 Å². The second-order valence-electron chi connectivity index (χ2n) is 5.47. The van der Waals surface area contributed by atoms with Crippen molar-refractivity contribution in [1.82, 2.24) is 9.97 Å². The zero-order valence-corrected chi connectivity index (χ0v) is 12.7. The number of rotatable bonds is 5. The van der Waals surface area contributed by atoms with Crippen molar-refractivity contribution in [2.45, 2.75) is 37.8 Å². The molecular weight excluding hydrogens is 310 g/mol. The van der Waals surface area contributed by atoms with Crippen LogP contribution in [0.2, 0.25) is 0 Å². The summed E-state index contributed by atoms with van der Waals surface area (Å²) in [6, 6.07) is 0. The smallest absolute Gasteiger partial charge is 0.270 e. The SMILES string of the molecule is CC(=O)[C@@]1(O)[C@@](C)(Oc2nc[nH]c2C(N)=O)OC[C@@]1(O)C(C)=O. The molecule has 0 aliphatic carbocycles. The van der Waals surface area contributed by atoms with Gasteiger partial charge in [0.1, 0.15) is 0 Å². The van der Waals surface area contributed by atoms with E-state index in [1.165, 1.54) is 0 Å². The number of H-pyrrole nitrogens is 1. The lowest BCUT2D eigenvalue weighted by atomic mass is 9.75. The number of ether oxygens (including phenoxy) is 2. The number of hydrogen-bond acceptors (Lipinski definition) is 8. The first-order valence-corrected chi connectivity index (χ1v) is 6.62. The van der Waals surface area contributed by atoms with Crippen LogP contribution in [-0.4, -0.2) is 61.3 Å². The number of carbonyl (C=O) groups excluding carboxylic acids is 3. The maximum Gasteiger partial charge on any atom is 0.270 e.